The van der Waals surface area contributed by atoms with E-state index in [0.29, 0.717) is 38.8 Å². The predicted molar refractivity (Wildman–Crippen MR) is 310 cm³/mol. The smallest absolute Gasteiger partial charge is 0.407 e. The van der Waals surface area contributed by atoms with E-state index < -0.39 is 55.0 Å². The Hall–Kier alpha value is -6.26. The molecule has 1 saturated heterocycles. The summed E-state index contributed by atoms with van der Waals surface area (Å²) in [5, 5.41) is 18.0. The van der Waals surface area contributed by atoms with E-state index in [0.717, 1.165) is 78.3 Å². The summed E-state index contributed by atoms with van der Waals surface area (Å²) in [6.07, 6.45) is 3.05. The minimum absolute atomic E-state index is 0.0786. The molecule has 6 aromatic carbocycles. The van der Waals surface area contributed by atoms with Gasteiger partial charge in [0.15, 0.2) is 6.29 Å². The van der Waals surface area contributed by atoms with Gasteiger partial charge in [0.1, 0.15) is 37.1 Å². The van der Waals surface area contributed by atoms with Crippen LogP contribution in [0.2, 0.25) is 0 Å². The molecule has 0 spiro atoms. The van der Waals surface area contributed by atoms with Gasteiger partial charge >= 0.3 is 6.09 Å². The lowest BCUT2D eigenvalue weighted by Crippen LogP contribution is -2.62. The molecule has 428 valence electrons. The largest absolute Gasteiger partial charge is 0.445 e. The van der Waals surface area contributed by atoms with E-state index in [4.69, 9.17) is 37.9 Å². The van der Waals surface area contributed by atoms with Crippen molar-refractivity contribution < 1.29 is 52.6 Å². The highest BCUT2D eigenvalue weighted by Crippen LogP contribution is 2.32. The van der Waals surface area contributed by atoms with Crippen molar-refractivity contribution in [2.75, 3.05) is 19.8 Å². The van der Waals surface area contributed by atoms with Crippen LogP contribution < -0.4 is 10.6 Å². The number of nitrogens with one attached hydrogen (secondary N) is 2. The number of carbonyl (C=O) groups is 2. The van der Waals surface area contributed by atoms with Crippen molar-refractivity contribution in [3.05, 3.63) is 215 Å². The van der Waals surface area contributed by atoms with E-state index in [9.17, 15) is 14.7 Å². The maximum atomic E-state index is 14.1. The Kier molecular flexibility index (Phi) is 27.7. The highest BCUT2D eigenvalue weighted by atomic mass is 16.7. The summed E-state index contributed by atoms with van der Waals surface area (Å²) in [6.45, 7) is 4.25. The van der Waals surface area contributed by atoms with Crippen molar-refractivity contribution in [2.24, 2.45) is 0 Å². The van der Waals surface area contributed by atoms with E-state index in [1.54, 1.807) is 0 Å². The Morgan fingerprint density at radius 1 is 0.512 bits per heavy atom. The zero-order valence-corrected chi connectivity index (χ0v) is 46.6. The molecule has 0 aliphatic carbocycles. The first-order valence-electron chi connectivity index (χ1n) is 28.8. The lowest BCUT2D eigenvalue weighted by molar-refractivity contribution is -0.330. The number of hydrogen-bond donors (Lipinski definition) is 3. The Labute approximate surface area is 474 Å². The number of amides is 2. The lowest BCUT2D eigenvalue weighted by Gasteiger charge is -2.46. The molecule has 13 nitrogen and oxygen atoms in total. The van der Waals surface area contributed by atoms with Gasteiger partial charge in [-0.15, -0.1) is 0 Å². The molecule has 3 N–H and O–H groups in total. The highest BCUT2D eigenvalue weighted by Gasteiger charge is 2.49. The first kappa shape index (κ1) is 61.4. The normalized spacial score (nSPS) is 18.2. The molecular formula is C67H84N2O11. The third-order valence-corrected chi connectivity index (χ3v) is 14.1. The molecule has 2 unspecified atom stereocenters. The van der Waals surface area contributed by atoms with Gasteiger partial charge in [-0.3, -0.25) is 4.79 Å². The zero-order chi connectivity index (χ0) is 55.7. The van der Waals surface area contributed by atoms with Crippen LogP contribution in [0.1, 0.15) is 111 Å². The quantitative estimate of drug-likeness (QED) is 0.0320. The van der Waals surface area contributed by atoms with Crippen LogP contribution in [0.15, 0.2) is 182 Å². The predicted octanol–water partition coefficient (Wildman–Crippen LogP) is 12.4. The summed E-state index contributed by atoms with van der Waals surface area (Å²) in [6, 6.07) is 58.6. The molecule has 0 radical (unpaired) electrons. The molecule has 13 heteroatoms. The molecule has 8 atom stereocenters. The molecule has 0 bridgehead atoms. The topological polar surface area (TPSA) is 152 Å². The van der Waals surface area contributed by atoms with Gasteiger partial charge in [0.25, 0.3) is 0 Å². The van der Waals surface area contributed by atoms with Crippen LogP contribution in [-0.2, 0) is 82.3 Å². The Balaban J connectivity index is 1.05. The number of unbranched alkanes of at least 4 members (excludes halogenated alkanes) is 7. The summed E-state index contributed by atoms with van der Waals surface area (Å²) >= 11 is 0. The summed E-state index contributed by atoms with van der Waals surface area (Å²) in [5.41, 5.74) is 5.82. The monoisotopic (exact) mass is 1090 g/mol. The maximum Gasteiger partial charge on any atom is 0.407 e. The number of hydrogen-bond acceptors (Lipinski definition) is 11. The van der Waals surface area contributed by atoms with Crippen molar-refractivity contribution in [3.8, 4) is 0 Å². The minimum atomic E-state index is -1.04. The fourth-order valence-electron chi connectivity index (χ4n) is 9.74. The van der Waals surface area contributed by atoms with Crippen molar-refractivity contribution in [3.63, 3.8) is 0 Å². The molecule has 7 rings (SSSR count). The first-order valence-corrected chi connectivity index (χ1v) is 28.8. The minimum Gasteiger partial charge on any atom is -0.445 e. The second-order valence-corrected chi connectivity index (χ2v) is 20.5. The van der Waals surface area contributed by atoms with Crippen molar-refractivity contribution in [1.29, 1.82) is 0 Å². The molecule has 1 heterocycles. The van der Waals surface area contributed by atoms with Gasteiger partial charge in [0, 0.05) is 13.0 Å². The molecular weight excluding hydrogens is 1010 g/mol. The maximum absolute atomic E-state index is 14.1. The Morgan fingerprint density at radius 2 is 0.950 bits per heavy atom. The van der Waals surface area contributed by atoms with Gasteiger partial charge in [0.05, 0.1) is 58.4 Å². The van der Waals surface area contributed by atoms with E-state index in [2.05, 4.69) is 10.6 Å². The Bertz CT molecular complexity index is 2550. The van der Waals surface area contributed by atoms with Crippen molar-refractivity contribution >= 4 is 12.0 Å². The highest BCUT2D eigenvalue weighted by molar-refractivity contribution is 5.76. The van der Waals surface area contributed by atoms with Gasteiger partial charge < -0.3 is 53.6 Å². The number of alkyl carbamates (subject to hydrolysis) is 1. The third-order valence-electron chi connectivity index (χ3n) is 14.1. The van der Waals surface area contributed by atoms with Crippen LogP contribution in [0.25, 0.3) is 0 Å². The standard InChI is InChI=1S/C67H84N2O11/c1-2-29-59(70)62(74-45-53-32-17-10-18-33-53)58(69-61(71)42-27-7-5-3-4-6-8-28-43-68-67(72)79-49-57-40-25-14-26-41-57)50-78-66-65(77-48-56-38-23-13-24-39-56)64(76-47-55-36-21-12-22-37-55)63(75-46-54-34-19-11-20-35-54)60(80-66)51-73-44-52-30-15-9-16-31-52/h9-26,30-41,58-60,62-66,70H,2-8,27-29,42-51H2,1H3,(H,68,72)(H,69,71)/t58-,59+,60?,62-,63-,64-,65?,66-/m0/s1. The third kappa shape index (κ3) is 22.3. The molecule has 1 aliphatic heterocycles. The number of ether oxygens (including phenoxy) is 8. The first-order chi connectivity index (χ1) is 39.4. The van der Waals surface area contributed by atoms with E-state index in [-0.39, 0.29) is 52.2 Å². The van der Waals surface area contributed by atoms with Gasteiger partial charge in [0.2, 0.25) is 5.91 Å². The molecule has 1 aliphatic rings. The average Bonchev–Trinajstić information content (AvgIpc) is 3.53. The SMILES string of the molecule is CCC[C@@H](O)[C@@H](OCc1ccccc1)[C@H](CO[C@H]1OC(COCc2ccccc2)[C@H](OCc2ccccc2)[C@H](OCc2ccccc2)C1OCc1ccccc1)NC(=O)CCCCCCCCCCNC(=O)OCc1ccccc1. The van der Waals surface area contributed by atoms with Crippen molar-refractivity contribution in [1.82, 2.24) is 10.6 Å². The number of benzene rings is 6. The molecule has 1 fully saturated rings. The second kappa shape index (κ2) is 36.2. The molecule has 0 aromatic heterocycles. The van der Waals surface area contributed by atoms with E-state index in [1.165, 1.54) is 0 Å². The van der Waals surface area contributed by atoms with Crippen LogP contribution in [0.3, 0.4) is 0 Å². The number of aliphatic hydroxyl groups excluding tert-OH is 1. The summed E-state index contributed by atoms with van der Waals surface area (Å²) in [5.74, 6) is -0.155. The number of carbonyl (C=O) groups excluding carboxylic acids is 2. The van der Waals surface area contributed by atoms with E-state index in [1.807, 2.05) is 189 Å². The van der Waals surface area contributed by atoms with Crippen LogP contribution in [0.5, 0.6) is 0 Å². The van der Waals surface area contributed by atoms with Gasteiger partial charge in [-0.25, -0.2) is 4.79 Å². The average molecular weight is 1090 g/mol. The van der Waals surface area contributed by atoms with Gasteiger partial charge in [-0.2, -0.15) is 0 Å². The molecule has 2 amide bonds. The molecule has 0 saturated carbocycles. The van der Waals surface area contributed by atoms with Crippen LogP contribution in [0.4, 0.5) is 4.79 Å². The van der Waals surface area contributed by atoms with Crippen LogP contribution in [-0.4, -0.2) is 85.8 Å². The van der Waals surface area contributed by atoms with Gasteiger partial charge in [-0.05, 0) is 52.6 Å². The van der Waals surface area contributed by atoms with Crippen molar-refractivity contribution in [2.45, 2.75) is 166 Å². The second-order valence-electron chi connectivity index (χ2n) is 20.5. The summed E-state index contributed by atoms with van der Waals surface area (Å²) in [7, 11) is 0. The van der Waals surface area contributed by atoms with Crippen LogP contribution in [0, 0.1) is 0 Å². The molecule has 6 aromatic rings. The number of aliphatic hydroxyl groups is 1. The van der Waals surface area contributed by atoms with Gasteiger partial charge in [-0.1, -0.05) is 234 Å². The van der Waals surface area contributed by atoms with Crippen LogP contribution >= 0.6 is 0 Å². The lowest BCUT2D eigenvalue weighted by atomic mass is 9.97. The fourth-order valence-corrected chi connectivity index (χ4v) is 9.74. The summed E-state index contributed by atoms with van der Waals surface area (Å²) < 4.78 is 53.2. The fraction of sp³-hybridized carbons (Fsp3) is 0.433. The number of rotatable bonds is 37. The Morgan fingerprint density at radius 3 is 1.46 bits per heavy atom. The molecule has 80 heavy (non-hydrogen) atoms. The summed E-state index contributed by atoms with van der Waals surface area (Å²) in [4.78, 5) is 26.2. The van der Waals surface area contributed by atoms with E-state index >= 15 is 0 Å². The zero-order valence-electron chi connectivity index (χ0n) is 46.6.